The molecule has 0 atom stereocenters. The van der Waals surface area contributed by atoms with Gasteiger partial charge in [0, 0.05) is 12.1 Å². The van der Waals surface area contributed by atoms with Crippen LogP contribution in [0, 0.1) is 10.1 Å². The molecule has 138 valence electrons. The smallest absolute Gasteiger partial charge is 0.307 e. The molecule has 0 fully saturated rings. The first-order valence-electron chi connectivity index (χ1n) is 8.22. The maximum Gasteiger partial charge on any atom is 0.307 e. The van der Waals surface area contributed by atoms with E-state index in [1.807, 2.05) is 30.3 Å². The lowest BCUT2D eigenvalue weighted by Gasteiger charge is -2.10. The molecule has 0 aliphatic heterocycles. The van der Waals surface area contributed by atoms with Crippen LogP contribution in [0.4, 0.5) is 5.69 Å². The summed E-state index contributed by atoms with van der Waals surface area (Å²) in [6.45, 7) is 0.643. The van der Waals surface area contributed by atoms with Crippen LogP contribution in [0.3, 0.4) is 0 Å². The van der Waals surface area contributed by atoms with Crippen LogP contribution >= 0.6 is 0 Å². The van der Waals surface area contributed by atoms with Crippen molar-refractivity contribution < 1.29 is 14.5 Å². The standard InChI is InChI=1S/C19H18N4O4/c1-27-17-8-6-14(7-9-17)10-20-19(24)18-5-3-2-4-15(18)12-22-13-16(11-21-22)23(25)26/h2-9,11,13H,10,12H2,1H3,(H,20,24). The van der Waals surface area contributed by atoms with Gasteiger partial charge in [0.05, 0.1) is 18.6 Å². The second-order valence-electron chi connectivity index (χ2n) is 5.84. The molecule has 27 heavy (non-hydrogen) atoms. The number of hydrogen-bond acceptors (Lipinski definition) is 5. The van der Waals surface area contributed by atoms with E-state index < -0.39 is 4.92 Å². The normalized spacial score (nSPS) is 10.4. The highest BCUT2D eigenvalue weighted by atomic mass is 16.6. The average molecular weight is 366 g/mol. The zero-order valence-corrected chi connectivity index (χ0v) is 14.7. The summed E-state index contributed by atoms with van der Waals surface area (Å²) in [5, 5.41) is 17.6. The summed E-state index contributed by atoms with van der Waals surface area (Å²) in [7, 11) is 1.60. The maximum atomic E-state index is 12.6. The van der Waals surface area contributed by atoms with Gasteiger partial charge in [-0.3, -0.25) is 19.6 Å². The molecule has 2 aromatic carbocycles. The molecule has 3 rings (SSSR count). The van der Waals surface area contributed by atoms with Crippen molar-refractivity contribution in [2.75, 3.05) is 7.11 Å². The van der Waals surface area contributed by atoms with E-state index in [9.17, 15) is 14.9 Å². The SMILES string of the molecule is COc1ccc(CNC(=O)c2ccccc2Cn2cc([N+](=O)[O-])cn2)cc1. The Labute approximate surface area is 155 Å². The Morgan fingerprint density at radius 2 is 1.96 bits per heavy atom. The van der Waals surface area contributed by atoms with Crippen molar-refractivity contribution in [3.8, 4) is 5.75 Å². The van der Waals surface area contributed by atoms with Crippen LogP contribution < -0.4 is 10.1 Å². The van der Waals surface area contributed by atoms with Crippen molar-refractivity contribution in [3.63, 3.8) is 0 Å². The Morgan fingerprint density at radius 3 is 2.63 bits per heavy atom. The highest BCUT2D eigenvalue weighted by molar-refractivity contribution is 5.95. The van der Waals surface area contributed by atoms with Gasteiger partial charge in [-0.25, -0.2) is 0 Å². The second-order valence-corrected chi connectivity index (χ2v) is 5.84. The number of carbonyl (C=O) groups is 1. The van der Waals surface area contributed by atoms with Crippen molar-refractivity contribution in [3.05, 3.63) is 87.7 Å². The molecule has 1 heterocycles. The number of amides is 1. The van der Waals surface area contributed by atoms with Crippen molar-refractivity contribution >= 4 is 11.6 Å². The first-order chi connectivity index (χ1) is 13.1. The summed E-state index contributed by atoms with van der Waals surface area (Å²) in [6, 6.07) is 14.5. The molecule has 0 saturated carbocycles. The van der Waals surface area contributed by atoms with E-state index in [4.69, 9.17) is 4.74 Å². The number of ether oxygens (including phenoxy) is 1. The van der Waals surface area contributed by atoms with Gasteiger partial charge < -0.3 is 10.1 Å². The molecule has 1 aromatic heterocycles. The lowest BCUT2D eigenvalue weighted by atomic mass is 10.1. The van der Waals surface area contributed by atoms with E-state index >= 15 is 0 Å². The highest BCUT2D eigenvalue weighted by Crippen LogP contribution is 2.15. The van der Waals surface area contributed by atoms with E-state index in [1.165, 1.54) is 17.1 Å². The lowest BCUT2D eigenvalue weighted by molar-refractivity contribution is -0.385. The Balaban J connectivity index is 1.69. The first kappa shape index (κ1) is 18.1. The summed E-state index contributed by atoms with van der Waals surface area (Å²) in [6.07, 6.45) is 2.53. The minimum atomic E-state index is -0.503. The van der Waals surface area contributed by atoms with Crippen LogP contribution in [0.2, 0.25) is 0 Å². The van der Waals surface area contributed by atoms with Gasteiger partial charge >= 0.3 is 5.69 Å². The number of nitrogens with zero attached hydrogens (tertiary/aromatic N) is 3. The Morgan fingerprint density at radius 1 is 1.22 bits per heavy atom. The van der Waals surface area contributed by atoms with E-state index in [0.717, 1.165) is 16.9 Å². The predicted octanol–water partition coefficient (Wildman–Crippen LogP) is 2.78. The summed E-state index contributed by atoms with van der Waals surface area (Å²) in [5.41, 5.74) is 2.09. The van der Waals surface area contributed by atoms with E-state index in [-0.39, 0.29) is 18.1 Å². The Bertz CT molecular complexity index is 950. The average Bonchev–Trinajstić information content (AvgIpc) is 3.16. The summed E-state index contributed by atoms with van der Waals surface area (Å²) < 4.78 is 6.55. The number of carbonyl (C=O) groups excluding carboxylic acids is 1. The maximum absolute atomic E-state index is 12.6. The number of benzene rings is 2. The fourth-order valence-electron chi connectivity index (χ4n) is 2.61. The van der Waals surface area contributed by atoms with Crippen molar-refractivity contribution in [2.24, 2.45) is 0 Å². The third-order valence-corrected chi connectivity index (χ3v) is 4.04. The molecule has 8 heteroatoms. The molecular weight excluding hydrogens is 348 g/mol. The van der Waals surface area contributed by atoms with Gasteiger partial charge in [-0.15, -0.1) is 0 Å². The Kier molecular flexibility index (Phi) is 5.46. The lowest BCUT2D eigenvalue weighted by Crippen LogP contribution is -2.24. The number of hydrogen-bond donors (Lipinski definition) is 1. The van der Waals surface area contributed by atoms with Crippen LogP contribution in [-0.2, 0) is 13.1 Å². The largest absolute Gasteiger partial charge is 0.497 e. The molecule has 0 aliphatic carbocycles. The fourth-order valence-corrected chi connectivity index (χ4v) is 2.61. The summed E-state index contributed by atoms with van der Waals surface area (Å²) >= 11 is 0. The van der Waals surface area contributed by atoms with Crippen LogP contribution in [0.15, 0.2) is 60.9 Å². The summed E-state index contributed by atoms with van der Waals surface area (Å²) in [5.74, 6) is 0.534. The number of methoxy groups -OCH3 is 1. The van der Waals surface area contributed by atoms with Crippen LogP contribution in [0.1, 0.15) is 21.5 Å². The van der Waals surface area contributed by atoms with Gasteiger partial charge in [0.25, 0.3) is 5.91 Å². The van der Waals surface area contributed by atoms with Crippen molar-refractivity contribution in [2.45, 2.75) is 13.1 Å². The van der Waals surface area contributed by atoms with Crippen molar-refractivity contribution in [1.29, 1.82) is 0 Å². The monoisotopic (exact) mass is 366 g/mol. The van der Waals surface area contributed by atoms with Gasteiger partial charge in [-0.2, -0.15) is 5.10 Å². The third kappa shape index (κ3) is 4.49. The quantitative estimate of drug-likeness (QED) is 0.512. The molecule has 1 N–H and O–H groups in total. The molecule has 0 radical (unpaired) electrons. The van der Waals surface area contributed by atoms with Gasteiger partial charge in [-0.1, -0.05) is 30.3 Å². The van der Waals surface area contributed by atoms with Crippen LogP contribution in [0.5, 0.6) is 5.75 Å². The molecule has 1 amide bonds. The van der Waals surface area contributed by atoms with Crippen LogP contribution in [0.25, 0.3) is 0 Å². The molecule has 3 aromatic rings. The highest BCUT2D eigenvalue weighted by Gasteiger charge is 2.14. The predicted molar refractivity (Wildman–Crippen MR) is 98.6 cm³/mol. The van der Waals surface area contributed by atoms with E-state index in [1.54, 1.807) is 25.3 Å². The third-order valence-electron chi connectivity index (χ3n) is 4.04. The Hall–Kier alpha value is -3.68. The fraction of sp³-hybridized carbons (Fsp3) is 0.158. The van der Waals surface area contributed by atoms with E-state index in [2.05, 4.69) is 10.4 Å². The molecule has 0 saturated heterocycles. The molecule has 0 bridgehead atoms. The molecule has 8 nitrogen and oxygen atoms in total. The summed E-state index contributed by atoms with van der Waals surface area (Å²) in [4.78, 5) is 22.9. The second kappa shape index (κ2) is 8.13. The zero-order valence-electron chi connectivity index (χ0n) is 14.7. The zero-order chi connectivity index (χ0) is 19.2. The first-order valence-corrected chi connectivity index (χ1v) is 8.22. The molecular formula is C19H18N4O4. The molecule has 0 aliphatic rings. The number of nitro groups is 1. The van der Waals surface area contributed by atoms with Crippen molar-refractivity contribution in [1.82, 2.24) is 15.1 Å². The number of nitrogens with one attached hydrogen (secondary N) is 1. The topological polar surface area (TPSA) is 99.3 Å². The minimum Gasteiger partial charge on any atom is -0.497 e. The number of aromatic nitrogens is 2. The van der Waals surface area contributed by atoms with Gasteiger partial charge in [0.2, 0.25) is 0 Å². The van der Waals surface area contributed by atoms with E-state index in [0.29, 0.717) is 12.1 Å². The molecule has 0 unspecified atom stereocenters. The minimum absolute atomic E-state index is 0.0866. The van der Waals surface area contributed by atoms with Gasteiger partial charge in [0.15, 0.2) is 0 Å². The van der Waals surface area contributed by atoms with Gasteiger partial charge in [0.1, 0.15) is 18.1 Å². The van der Waals surface area contributed by atoms with Gasteiger partial charge in [-0.05, 0) is 29.3 Å². The number of rotatable bonds is 7. The van der Waals surface area contributed by atoms with Crippen LogP contribution in [-0.4, -0.2) is 27.7 Å². The molecule has 0 spiro atoms.